The molecule has 0 radical (unpaired) electrons. The predicted octanol–water partition coefficient (Wildman–Crippen LogP) is 3.83. The Labute approximate surface area is 112 Å². The topological polar surface area (TPSA) is 12.0 Å². The third-order valence-electron chi connectivity index (χ3n) is 4.54. The lowest BCUT2D eigenvalue weighted by molar-refractivity contribution is 0.383. The molecule has 1 aromatic rings. The summed E-state index contributed by atoms with van der Waals surface area (Å²) in [5, 5.41) is 3.29. The molecule has 19 heavy (non-hydrogen) atoms. The van der Waals surface area contributed by atoms with Crippen molar-refractivity contribution in [1.82, 2.24) is 5.32 Å². The SMILES string of the molecule is CC(NCC1CC2C=CC1C2)c1c(F)cccc1F. The van der Waals surface area contributed by atoms with Crippen molar-refractivity contribution < 1.29 is 8.78 Å². The molecule has 1 saturated carbocycles. The molecule has 0 aliphatic heterocycles. The molecule has 1 N–H and O–H groups in total. The quantitative estimate of drug-likeness (QED) is 0.814. The van der Waals surface area contributed by atoms with Gasteiger partial charge in [-0.3, -0.25) is 0 Å². The third-order valence-corrected chi connectivity index (χ3v) is 4.54. The summed E-state index contributed by atoms with van der Waals surface area (Å²) < 4.78 is 27.3. The van der Waals surface area contributed by atoms with Crippen LogP contribution < -0.4 is 5.32 Å². The largest absolute Gasteiger partial charge is 0.310 e. The highest BCUT2D eigenvalue weighted by molar-refractivity contribution is 5.23. The van der Waals surface area contributed by atoms with E-state index >= 15 is 0 Å². The fourth-order valence-electron chi connectivity index (χ4n) is 3.48. The Morgan fingerprint density at radius 1 is 1.21 bits per heavy atom. The molecule has 0 spiro atoms. The van der Waals surface area contributed by atoms with Crippen LogP contribution in [-0.2, 0) is 0 Å². The van der Waals surface area contributed by atoms with Gasteiger partial charge in [-0.05, 0) is 56.2 Å². The summed E-state index contributed by atoms with van der Waals surface area (Å²) in [6, 6.07) is 3.75. The summed E-state index contributed by atoms with van der Waals surface area (Å²) in [7, 11) is 0. The van der Waals surface area contributed by atoms with Gasteiger partial charge >= 0.3 is 0 Å². The molecule has 2 aliphatic carbocycles. The number of nitrogens with one attached hydrogen (secondary N) is 1. The number of hydrogen-bond donors (Lipinski definition) is 1. The number of halogens is 2. The molecular weight excluding hydrogens is 244 g/mol. The van der Waals surface area contributed by atoms with Crippen LogP contribution in [0, 0.1) is 29.4 Å². The molecule has 1 nitrogen and oxygen atoms in total. The molecule has 1 fully saturated rings. The normalized spacial score (nSPS) is 29.9. The molecule has 0 aromatic heterocycles. The van der Waals surface area contributed by atoms with E-state index in [0.717, 1.165) is 12.5 Å². The van der Waals surface area contributed by atoms with Crippen LogP contribution in [0.5, 0.6) is 0 Å². The smallest absolute Gasteiger partial charge is 0.130 e. The van der Waals surface area contributed by atoms with Gasteiger partial charge in [-0.15, -0.1) is 0 Å². The Morgan fingerprint density at radius 3 is 2.53 bits per heavy atom. The van der Waals surface area contributed by atoms with Gasteiger partial charge < -0.3 is 5.32 Å². The van der Waals surface area contributed by atoms with Crippen LogP contribution in [0.2, 0.25) is 0 Å². The molecule has 0 heterocycles. The lowest BCUT2D eigenvalue weighted by atomic mass is 9.93. The van der Waals surface area contributed by atoms with Crippen molar-refractivity contribution in [3.8, 4) is 0 Å². The van der Waals surface area contributed by atoms with Crippen molar-refractivity contribution in [2.75, 3.05) is 6.54 Å². The highest BCUT2D eigenvalue weighted by Crippen LogP contribution is 2.43. The van der Waals surface area contributed by atoms with Crippen LogP contribution in [0.3, 0.4) is 0 Å². The number of benzene rings is 1. The maximum Gasteiger partial charge on any atom is 0.130 e. The Hall–Kier alpha value is -1.22. The minimum atomic E-state index is -0.465. The number of fused-ring (bicyclic) bond motifs is 2. The van der Waals surface area contributed by atoms with Crippen molar-refractivity contribution in [1.29, 1.82) is 0 Å². The van der Waals surface area contributed by atoms with E-state index in [1.807, 2.05) is 6.92 Å². The fourth-order valence-corrected chi connectivity index (χ4v) is 3.48. The minimum absolute atomic E-state index is 0.154. The molecular formula is C16H19F2N. The molecule has 3 rings (SSSR count). The maximum atomic E-state index is 13.7. The van der Waals surface area contributed by atoms with Crippen molar-refractivity contribution in [2.24, 2.45) is 17.8 Å². The van der Waals surface area contributed by atoms with E-state index in [2.05, 4.69) is 17.5 Å². The standard InChI is InChI=1S/C16H19F2N/c1-10(16-14(17)3-2-4-15(16)18)19-9-13-8-11-5-6-12(13)7-11/h2-6,10-13,19H,7-9H2,1H3. The van der Waals surface area contributed by atoms with Gasteiger partial charge in [0.15, 0.2) is 0 Å². The van der Waals surface area contributed by atoms with Crippen LogP contribution in [0.15, 0.2) is 30.4 Å². The molecule has 3 heteroatoms. The average molecular weight is 263 g/mol. The highest BCUT2D eigenvalue weighted by Gasteiger charge is 2.35. The van der Waals surface area contributed by atoms with E-state index < -0.39 is 11.6 Å². The van der Waals surface area contributed by atoms with E-state index in [4.69, 9.17) is 0 Å². The zero-order chi connectivity index (χ0) is 13.4. The zero-order valence-electron chi connectivity index (χ0n) is 11.1. The number of allylic oxidation sites excluding steroid dienone is 2. The van der Waals surface area contributed by atoms with Gasteiger partial charge in [0, 0.05) is 11.6 Å². The fraction of sp³-hybridized carbons (Fsp3) is 0.500. The second-order valence-corrected chi connectivity index (χ2v) is 5.81. The lowest BCUT2D eigenvalue weighted by Crippen LogP contribution is -2.28. The predicted molar refractivity (Wildman–Crippen MR) is 71.6 cm³/mol. The molecule has 4 atom stereocenters. The number of hydrogen-bond acceptors (Lipinski definition) is 1. The van der Waals surface area contributed by atoms with Crippen molar-refractivity contribution >= 4 is 0 Å². The summed E-state index contributed by atoms with van der Waals surface area (Å²) in [5.74, 6) is 1.08. The van der Waals surface area contributed by atoms with Crippen LogP contribution in [0.25, 0.3) is 0 Å². The van der Waals surface area contributed by atoms with Crippen LogP contribution in [0.4, 0.5) is 8.78 Å². The van der Waals surface area contributed by atoms with Gasteiger partial charge in [0.2, 0.25) is 0 Å². The summed E-state index contributed by atoms with van der Waals surface area (Å²) in [4.78, 5) is 0. The number of rotatable bonds is 4. The first-order chi connectivity index (χ1) is 9.15. The van der Waals surface area contributed by atoms with E-state index in [0.29, 0.717) is 11.8 Å². The first-order valence-corrected chi connectivity index (χ1v) is 7.00. The Balaban J connectivity index is 1.62. The van der Waals surface area contributed by atoms with Gasteiger partial charge in [-0.1, -0.05) is 18.2 Å². The highest BCUT2D eigenvalue weighted by atomic mass is 19.1. The lowest BCUT2D eigenvalue weighted by Gasteiger charge is -2.22. The monoisotopic (exact) mass is 263 g/mol. The Kier molecular flexibility index (Phi) is 3.40. The third kappa shape index (κ3) is 2.44. The summed E-state index contributed by atoms with van der Waals surface area (Å²) in [5.41, 5.74) is 0.154. The van der Waals surface area contributed by atoms with E-state index in [-0.39, 0.29) is 11.6 Å². The summed E-state index contributed by atoms with van der Waals surface area (Å²) in [6.45, 7) is 2.66. The van der Waals surface area contributed by atoms with Gasteiger partial charge in [-0.25, -0.2) is 8.78 Å². The average Bonchev–Trinajstić information content (AvgIpc) is 2.98. The molecule has 0 amide bonds. The molecule has 0 saturated heterocycles. The van der Waals surface area contributed by atoms with Crippen LogP contribution in [-0.4, -0.2) is 6.54 Å². The van der Waals surface area contributed by atoms with Crippen molar-refractivity contribution in [2.45, 2.75) is 25.8 Å². The van der Waals surface area contributed by atoms with E-state index in [9.17, 15) is 8.78 Å². The van der Waals surface area contributed by atoms with E-state index in [1.165, 1.54) is 31.0 Å². The van der Waals surface area contributed by atoms with Crippen molar-refractivity contribution in [3.05, 3.63) is 47.5 Å². The molecule has 2 aliphatic rings. The van der Waals surface area contributed by atoms with Gasteiger partial charge in [0.1, 0.15) is 11.6 Å². The van der Waals surface area contributed by atoms with Gasteiger partial charge in [-0.2, -0.15) is 0 Å². The summed E-state index contributed by atoms with van der Waals surface area (Å²) in [6.07, 6.45) is 7.07. The minimum Gasteiger partial charge on any atom is -0.310 e. The van der Waals surface area contributed by atoms with Crippen LogP contribution in [0.1, 0.15) is 31.4 Å². The molecule has 4 unspecified atom stereocenters. The Morgan fingerprint density at radius 2 is 1.95 bits per heavy atom. The molecule has 2 bridgehead atoms. The van der Waals surface area contributed by atoms with E-state index in [1.54, 1.807) is 0 Å². The van der Waals surface area contributed by atoms with Crippen molar-refractivity contribution in [3.63, 3.8) is 0 Å². The first kappa shape index (κ1) is 12.8. The van der Waals surface area contributed by atoms with Gasteiger partial charge in [0.25, 0.3) is 0 Å². The maximum absolute atomic E-state index is 13.7. The zero-order valence-corrected chi connectivity index (χ0v) is 11.1. The molecule has 102 valence electrons. The van der Waals surface area contributed by atoms with Crippen LogP contribution >= 0.6 is 0 Å². The Bertz CT molecular complexity index is 477. The first-order valence-electron chi connectivity index (χ1n) is 7.00. The second-order valence-electron chi connectivity index (χ2n) is 5.81. The second kappa shape index (κ2) is 5.04. The summed E-state index contributed by atoms with van der Waals surface area (Å²) >= 11 is 0. The van der Waals surface area contributed by atoms with Gasteiger partial charge in [0.05, 0.1) is 0 Å². The molecule has 1 aromatic carbocycles.